The molecule has 1 aliphatic rings. The summed E-state index contributed by atoms with van der Waals surface area (Å²) in [5.41, 5.74) is 0.652. The standard InChI is InChI=1S/C17H19N3O2S/c18-12-14-2-4-15(5-3-14)21-9-1-7-20-8-10-22-16(13-20)17-19-6-11-23-17/h2-6,11,16H,1,7-10,13H2. The average molecular weight is 329 g/mol. The van der Waals surface area contributed by atoms with Gasteiger partial charge in [0.25, 0.3) is 0 Å². The van der Waals surface area contributed by atoms with Crippen LogP contribution in [0.2, 0.25) is 0 Å². The largest absolute Gasteiger partial charge is 0.494 e. The van der Waals surface area contributed by atoms with Crippen LogP contribution in [-0.4, -0.2) is 42.7 Å². The molecule has 0 bridgehead atoms. The van der Waals surface area contributed by atoms with Gasteiger partial charge in [-0.1, -0.05) is 0 Å². The highest BCUT2D eigenvalue weighted by Crippen LogP contribution is 2.23. The molecule has 3 rings (SSSR count). The van der Waals surface area contributed by atoms with Crippen molar-refractivity contribution in [2.45, 2.75) is 12.5 Å². The Morgan fingerprint density at radius 2 is 2.26 bits per heavy atom. The molecule has 1 fully saturated rings. The molecule has 120 valence electrons. The number of nitriles is 1. The Labute approximate surface area is 140 Å². The van der Waals surface area contributed by atoms with Crippen molar-refractivity contribution in [3.8, 4) is 11.8 Å². The molecule has 1 aromatic carbocycles. The van der Waals surface area contributed by atoms with E-state index in [0.29, 0.717) is 12.2 Å². The van der Waals surface area contributed by atoms with E-state index in [-0.39, 0.29) is 6.10 Å². The quantitative estimate of drug-likeness (QED) is 0.763. The lowest BCUT2D eigenvalue weighted by molar-refractivity contribution is -0.0310. The molecule has 5 nitrogen and oxygen atoms in total. The molecule has 0 N–H and O–H groups in total. The SMILES string of the molecule is N#Cc1ccc(OCCCN2CCOC(c3nccs3)C2)cc1. The van der Waals surface area contributed by atoms with Crippen molar-refractivity contribution >= 4 is 11.3 Å². The van der Waals surface area contributed by atoms with Crippen LogP contribution in [0.1, 0.15) is 23.1 Å². The monoisotopic (exact) mass is 329 g/mol. The zero-order valence-corrected chi connectivity index (χ0v) is 13.7. The van der Waals surface area contributed by atoms with Crippen LogP contribution in [0.4, 0.5) is 0 Å². The number of morpholine rings is 1. The van der Waals surface area contributed by atoms with E-state index in [9.17, 15) is 0 Å². The van der Waals surface area contributed by atoms with Crippen molar-refractivity contribution in [3.05, 3.63) is 46.4 Å². The van der Waals surface area contributed by atoms with E-state index in [2.05, 4.69) is 16.0 Å². The van der Waals surface area contributed by atoms with Gasteiger partial charge in [0.15, 0.2) is 0 Å². The molecule has 0 radical (unpaired) electrons. The van der Waals surface area contributed by atoms with Gasteiger partial charge in [-0.3, -0.25) is 4.90 Å². The molecule has 1 aliphatic heterocycles. The average Bonchev–Trinajstić information content (AvgIpc) is 3.14. The van der Waals surface area contributed by atoms with E-state index in [1.807, 2.05) is 23.7 Å². The number of nitrogens with zero attached hydrogens (tertiary/aromatic N) is 3. The van der Waals surface area contributed by atoms with E-state index in [1.165, 1.54) is 0 Å². The molecule has 2 aromatic rings. The van der Waals surface area contributed by atoms with Crippen molar-refractivity contribution in [1.82, 2.24) is 9.88 Å². The van der Waals surface area contributed by atoms with Crippen LogP contribution < -0.4 is 4.74 Å². The molecule has 23 heavy (non-hydrogen) atoms. The summed E-state index contributed by atoms with van der Waals surface area (Å²) in [6.07, 6.45) is 2.89. The van der Waals surface area contributed by atoms with Gasteiger partial charge in [0.05, 0.1) is 24.8 Å². The fraction of sp³-hybridized carbons (Fsp3) is 0.412. The molecule has 1 unspecified atom stereocenters. The third-order valence-electron chi connectivity index (χ3n) is 3.75. The molecule has 0 aliphatic carbocycles. The lowest BCUT2D eigenvalue weighted by Crippen LogP contribution is -2.39. The number of benzene rings is 1. The van der Waals surface area contributed by atoms with Crippen LogP contribution in [0.25, 0.3) is 0 Å². The minimum atomic E-state index is 0.100. The minimum absolute atomic E-state index is 0.100. The third-order valence-corrected chi connectivity index (χ3v) is 4.62. The Kier molecular flexibility index (Phi) is 5.59. The number of hydrogen-bond acceptors (Lipinski definition) is 6. The summed E-state index contributed by atoms with van der Waals surface area (Å²) in [6, 6.07) is 9.33. The molecule has 6 heteroatoms. The number of thiazole rings is 1. The van der Waals surface area contributed by atoms with Crippen LogP contribution in [0.3, 0.4) is 0 Å². The molecular formula is C17H19N3O2S. The molecule has 1 atom stereocenters. The summed E-state index contributed by atoms with van der Waals surface area (Å²) in [7, 11) is 0. The van der Waals surface area contributed by atoms with Gasteiger partial charge in [-0.05, 0) is 30.7 Å². The van der Waals surface area contributed by atoms with Crippen LogP contribution in [-0.2, 0) is 4.74 Å². The zero-order chi connectivity index (χ0) is 15.9. The van der Waals surface area contributed by atoms with E-state index in [0.717, 1.165) is 43.4 Å². The summed E-state index contributed by atoms with van der Waals surface area (Å²) in [6.45, 7) is 4.26. The second kappa shape index (κ2) is 8.06. The van der Waals surface area contributed by atoms with E-state index < -0.39 is 0 Å². The molecule has 1 aromatic heterocycles. The Morgan fingerprint density at radius 1 is 1.39 bits per heavy atom. The van der Waals surface area contributed by atoms with Crippen molar-refractivity contribution in [2.24, 2.45) is 0 Å². The highest BCUT2D eigenvalue weighted by atomic mass is 32.1. The number of aromatic nitrogens is 1. The topological polar surface area (TPSA) is 58.4 Å². The molecule has 0 saturated carbocycles. The number of rotatable bonds is 6. The Bertz CT molecular complexity index is 637. The fourth-order valence-electron chi connectivity index (χ4n) is 2.55. The Morgan fingerprint density at radius 3 is 3.00 bits per heavy atom. The second-order valence-corrected chi connectivity index (χ2v) is 6.29. The number of ether oxygens (including phenoxy) is 2. The summed E-state index contributed by atoms with van der Waals surface area (Å²) in [4.78, 5) is 6.74. The lowest BCUT2D eigenvalue weighted by Gasteiger charge is -2.31. The van der Waals surface area contributed by atoms with Crippen LogP contribution in [0, 0.1) is 11.3 Å². The second-order valence-electron chi connectivity index (χ2n) is 5.37. The van der Waals surface area contributed by atoms with Gasteiger partial charge >= 0.3 is 0 Å². The van der Waals surface area contributed by atoms with Gasteiger partial charge in [0, 0.05) is 31.2 Å². The lowest BCUT2D eigenvalue weighted by atomic mass is 10.2. The van der Waals surface area contributed by atoms with Gasteiger partial charge in [-0.2, -0.15) is 5.26 Å². The fourth-order valence-corrected chi connectivity index (χ4v) is 3.23. The highest BCUT2D eigenvalue weighted by molar-refractivity contribution is 7.09. The van der Waals surface area contributed by atoms with E-state index in [4.69, 9.17) is 14.7 Å². The van der Waals surface area contributed by atoms with Gasteiger partial charge in [0.2, 0.25) is 0 Å². The first-order chi connectivity index (χ1) is 11.3. The normalized spacial score (nSPS) is 18.5. The van der Waals surface area contributed by atoms with E-state index >= 15 is 0 Å². The summed E-state index contributed by atoms with van der Waals surface area (Å²) < 4.78 is 11.5. The molecular weight excluding hydrogens is 310 g/mol. The van der Waals surface area contributed by atoms with Crippen molar-refractivity contribution in [1.29, 1.82) is 5.26 Å². The molecule has 2 heterocycles. The predicted molar refractivity (Wildman–Crippen MR) is 88.5 cm³/mol. The van der Waals surface area contributed by atoms with Crippen LogP contribution >= 0.6 is 11.3 Å². The summed E-state index contributed by atoms with van der Waals surface area (Å²) in [5, 5.41) is 11.8. The summed E-state index contributed by atoms with van der Waals surface area (Å²) in [5.74, 6) is 0.812. The van der Waals surface area contributed by atoms with Crippen molar-refractivity contribution < 1.29 is 9.47 Å². The van der Waals surface area contributed by atoms with Crippen molar-refractivity contribution in [2.75, 3.05) is 32.8 Å². The van der Waals surface area contributed by atoms with Gasteiger partial charge < -0.3 is 9.47 Å². The summed E-state index contributed by atoms with van der Waals surface area (Å²) >= 11 is 1.65. The first kappa shape index (κ1) is 15.9. The highest BCUT2D eigenvalue weighted by Gasteiger charge is 2.23. The molecule has 1 saturated heterocycles. The van der Waals surface area contributed by atoms with Crippen LogP contribution in [0.5, 0.6) is 5.75 Å². The predicted octanol–water partition coefficient (Wildman–Crippen LogP) is 2.86. The van der Waals surface area contributed by atoms with Crippen LogP contribution in [0.15, 0.2) is 35.8 Å². The maximum absolute atomic E-state index is 8.77. The van der Waals surface area contributed by atoms with Gasteiger partial charge in [-0.15, -0.1) is 11.3 Å². The maximum Gasteiger partial charge on any atom is 0.123 e. The Balaban J connectivity index is 1.39. The first-order valence-electron chi connectivity index (χ1n) is 7.71. The molecule has 0 spiro atoms. The van der Waals surface area contributed by atoms with E-state index in [1.54, 1.807) is 23.5 Å². The smallest absolute Gasteiger partial charge is 0.123 e. The zero-order valence-electron chi connectivity index (χ0n) is 12.9. The first-order valence-corrected chi connectivity index (χ1v) is 8.59. The third kappa shape index (κ3) is 4.52. The Hall–Kier alpha value is -1.94. The van der Waals surface area contributed by atoms with Gasteiger partial charge in [-0.25, -0.2) is 4.98 Å². The number of hydrogen-bond donors (Lipinski definition) is 0. The van der Waals surface area contributed by atoms with Gasteiger partial charge in [0.1, 0.15) is 16.9 Å². The van der Waals surface area contributed by atoms with Crippen molar-refractivity contribution in [3.63, 3.8) is 0 Å². The molecule has 0 amide bonds. The minimum Gasteiger partial charge on any atom is -0.494 e. The maximum atomic E-state index is 8.77.